The number of benzene rings is 2. The van der Waals surface area contributed by atoms with E-state index >= 15 is 0 Å². The Labute approximate surface area is 268 Å². The first kappa shape index (κ1) is 35.7. The molecule has 240 valence electrons. The third-order valence-electron chi connectivity index (χ3n) is 14.8. The largest absolute Gasteiger partial charge is 0.496 e. The SMILES string of the molecule is COc1c(C)cc2c(c1-c1cc(C)cc(C)c1)C=C(C)C2[Si](C)(C)C(C)(C)C(C)(C)C(C)(C)C(C)(C)C(C)(C)C(C)(C)C. The Balaban J connectivity index is 2.28. The van der Waals surface area contributed by atoms with E-state index in [9.17, 15) is 0 Å². The molecule has 0 heterocycles. The average Bonchev–Trinajstić information content (AvgIpc) is 3.16. The first-order valence-corrected chi connectivity index (χ1v) is 19.7. The van der Waals surface area contributed by atoms with Crippen molar-refractivity contribution in [1.82, 2.24) is 0 Å². The summed E-state index contributed by atoms with van der Waals surface area (Å²) in [6.45, 7) is 47.4. The van der Waals surface area contributed by atoms with Gasteiger partial charge in [0.1, 0.15) is 5.75 Å². The summed E-state index contributed by atoms with van der Waals surface area (Å²) >= 11 is 0. The number of hydrogen-bond acceptors (Lipinski definition) is 1. The molecular weight excluding hydrogens is 537 g/mol. The van der Waals surface area contributed by atoms with E-state index in [2.05, 4.69) is 161 Å². The highest BCUT2D eigenvalue weighted by Crippen LogP contribution is 2.72. The lowest BCUT2D eigenvalue weighted by atomic mass is 9.41. The summed E-state index contributed by atoms with van der Waals surface area (Å²) in [5, 5.41) is 0.115. The highest BCUT2D eigenvalue weighted by Gasteiger charge is 2.65. The van der Waals surface area contributed by atoms with E-state index in [4.69, 9.17) is 4.74 Å². The summed E-state index contributed by atoms with van der Waals surface area (Å²) in [5.41, 5.74) is 11.7. The number of hydrogen-bond donors (Lipinski definition) is 0. The predicted molar refractivity (Wildman–Crippen MR) is 195 cm³/mol. The fourth-order valence-corrected chi connectivity index (χ4v) is 13.7. The van der Waals surface area contributed by atoms with Gasteiger partial charge in [0.05, 0.1) is 15.2 Å². The zero-order chi connectivity index (χ0) is 33.5. The number of aryl methyl sites for hydroxylation is 3. The molecule has 1 atom stereocenters. The van der Waals surface area contributed by atoms with E-state index in [-0.39, 0.29) is 32.1 Å². The van der Waals surface area contributed by atoms with Gasteiger partial charge in [-0.15, -0.1) is 0 Å². The topological polar surface area (TPSA) is 9.23 Å². The summed E-state index contributed by atoms with van der Waals surface area (Å²) in [5.74, 6) is 1.01. The van der Waals surface area contributed by atoms with Gasteiger partial charge in [-0.3, -0.25) is 0 Å². The molecule has 2 heteroatoms. The van der Waals surface area contributed by atoms with E-state index in [1.807, 2.05) is 7.11 Å². The first-order valence-electron chi connectivity index (χ1n) is 16.6. The second-order valence-electron chi connectivity index (χ2n) is 18.4. The van der Waals surface area contributed by atoms with Gasteiger partial charge in [-0.1, -0.05) is 150 Å². The minimum atomic E-state index is -2.05. The number of fused-ring (bicyclic) bond motifs is 1. The molecule has 0 saturated heterocycles. The molecule has 0 radical (unpaired) electrons. The number of ether oxygens (including phenoxy) is 1. The van der Waals surface area contributed by atoms with Crippen LogP contribution in [0.1, 0.15) is 130 Å². The summed E-state index contributed by atoms with van der Waals surface area (Å²) in [6, 6.07) is 9.39. The Morgan fingerprint density at radius 2 is 1.09 bits per heavy atom. The standard InChI is InChI=1S/C41H66OSi/c1-26-21-27(2)23-30(22-26)33-31-25-29(4)35(32(31)24-28(3)34(33)42-18)43(19,20)41(16,17)40(14,15)39(12,13)38(10,11)37(8,9)36(5,6)7/h21-25,35H,1-20H3. The van der Waals surface area contributed by atoms with E-state index in [1.165, 1.54) is 44.5 Å². The minimum Gasteiger partial charge on any atom is -0.496 e. The van der Waals surface area contributed by atoms with Crippen LogP contribution < -0.4 is 4.74 Å². The fourth-order valence-electron chi connectivity index (χ4n) is 8.87. The molecule has 0 spiro atoms. The van der Waals surface area contributed by atoms with Crippen LogP contribution in [0.25, 0.3) is 17.2 Å². The quantitative estimate of drug-likeness (QED) is 0.273. The van der Waals surface area contributed by atoms with Gasteiger partial charge in [-0.2, -0.15) is 0 Å². The van der Waals surface area contributed by atoms with Crippen molar-refractivity contribution in [2.75, 3.05) is 7.11 Å². The molecule has 1 nitrogen and oxygen atoms in total. The van der Waals surface area contributed by atoms with Gasteiger partial charge in [0.2, 0.25) is 0 Å². The first-order chi connectivity index (χ1) is 19.1. The van der Waals surface area contributed by atoms with Crippen molar-refractivity contribution in [2.24, 2.45) is 27.1 Å². The van der Waals surface area contributed by atoms with Gasteiger partial charge in [0.15, 0.2) is 0 Å². The zero-order valence-electron chi connectivity index (χ0n) is 31.9. The molecule has 0 fully saturated rings. The Bertz CT molecular complexity index is 1400. The van der Waals surface area contributed by atoms with Crippen LogP contribution in [0.4, 0.5) is 0 Å². The molecule has 1 unspecified atom stereocenters. The number of rotatable bonds is 8. The van der Waals surface area contributed by atoms with Crippen molar-refractivity contribution in [1.29, 1.82) is 0 Å². The molecule has 1 aliphatic carbocycles. The molecule has 2 aromatic carbocycles. The molecule has 43 heavy (non-hydrogen) atoms. The number of methoxy groups -OCH3 is 1. The lowest BCUT2D eigenvalue weighted by Crippen LogP contribution is -2.62. The van der Waals surface area contributed by atoms with Crippen LogP contribution in [-0.2, 0) is 0 Å². The molecule has 0 aliphatic heterocycles. The predicted octanol–water partition coefficient (Wildman–Crippen LogP) is 13.0. The lowest BCUT2D eigenvalue weighted by molar-refractivity contribution is -0.147. The average molecular weight is 603 g/mol. The van der Waals surface area contributed by atoms with Crippen LogP contribution in [0.2, 0.25) is 18.1 Å². The Morgan fingerprint density at radius 3 is 1.53 bits per heavy atom. The van der Waals surface area contributed by atoms with Gasteiger partial charge in [0.25, 0.3) is 0 Å². The third kappa shape index (κ3) is 5.01. The summed E-state index contributed by atoms with van der Waals surface area (Å²) in [7, 11) is -0.216. The second kappa shape index (κ2) is 10.6. The summed E-state index contributed by atoms with van der Waals surface area (Å²) < 4.78 is 6.14. The third-order valence-corrected chi connectivity index (χ3v) is 20.9. The zero-order valence-corrected chi connectivity index (χ0v) is 32.9. The van der Waals surface area contributed by atoms with Gasteiger partial charge in [0, 0.05) is 11.1 Å². The maximum absolute atomic E-state index is 6.14. The Morgan fingerprint density at radius 1 is 0.628 bits per heavy atom. The van der Waals surface area contributed by atoms with Crippen molar-refractivity contribution in [3.05, 3.63) is 57.7 Å². The lowest BCUT2D eigenvalue weighted by Gasteiger charge is -2.68. The highest BCUT2D eigenvalue weighted by atomic mass is 28.3. The summed E-state index contributed by atoms with van der Waals surface area (Å²) in [6.07, 6.45) is 2.50. The van der Waals surface area contributed by atoms with Crippen LogP contribution in [0.5, 0.6) is 5.75 Å². The monoisotopic (exact) mass is 602 g/mol. The van der Waals surface area contributed by atoms with Crippen LogP contribution in [0.3, 0.4) is 0 Å². The van der Waals surface area contributed by atoms with Gasteiger partial charge in [-0.05, 0) is 82.1 Å². The smallest absolute Gasteiger partial charge is 0.130 e. The molecule has 0 saturated carbocycles. The van der Waals surface area contributed by atoms with E-state index in [1.54, 1.807) is 0 Å². The number of allylic oxidation sites excluding steroid dienone is 1. The van der Waals surface area contributed by atoms with Crippen molar-refractivity contribution < 1.29 is 4.74 Å². The highest BCUT2D eigenvalue weighted by molar-refractivity contribution is 6.82. The van der Waals surface area contributed by atoms with Crippen LogP contribution in [0.15, 0.2) is 29.8 Å². The second-order valence-corrected chi connectivity index (χ2v) is 23.7. The summed E-state index contributed by atoms with van der Waals surface area (Å²) in [4.78, 5) is 0. The Kier molecular flexibility index (Phi) is 8.82. The van der Waals surface area contributed by atoms with Gasteiger partial charge >= 0.3 is 0 Å². The fraction of sp³-hybridized carbons (Fsp3) is 0.659. The van der Waals surface area contributed by atoms with Crippen LogP contribution in [-0.4, -0.2) is 15.2 Å². The normalized spacial score (nSPS) is 17.2. The maximum Gasteiger partial charge on any atom is 0.130 e. The Hall–Kier alpha value is -1.80. The minimum absolute atomic E-state index is 0.0583. The van der Waals surface area contributed by atoms with Gasteiger partial charge in [-0.25, -0.2) is 0 Å². The maximum atomic E-state index is 6.14. The molecule has 0 bridgehead atoms. The van der Waals surface area contributed by atoms with Crippen LogP contribution >= 0.6 is 0 Å². The molecule has 0 aromatic heterocycles. The molecule has 0 N–H and O–H groups in total. The van der Waals surface area contributed by atoms with Crippen molar-refractivity contribution >= 4 is 14.1 Å². The van der Waals surface area contributed by atoms with E-state index in [0.717, 1.165) is 5.75 Å². The van der Waals surface area contributed by atoms with Crippen molar-refractivity contribution in [3.63, 3.8) is 0 Å². The molecule has 1 aliphatic rings. The van der Waals surface area contributed by atoms with Crippen LogP contribution in [0, 0.1) is 47.8 Å². The van der Waals surface area contributed by atoms with Gasteiger partial charge < -0.3 is 4.74 Å². The molecule has 2 aromatic rings. The molecule has 3 rings (SSSR count). The molecular formula is C41H66OSi. The van der Waals surface area contributed by atoms with Crippen molar-refractivity contribution in [2.45, 2.75) is 141 Å². The van der Waals surface area contributed by atoms with E-state index < -0.39 is 8.07 Å². The van der Waals surface area contributed by atoms with E-state index in [0.29, 0.717) is 5.54 Å². The van der Waals surface area contributed by atoms with Crippen molar-refractivity contribution in [3.8, 4) is 16.9 Å². The molecule has 0 amide bonds.